The normalized spacial score (nSPS) is 24.1. The van der Waals surface area contributed by atoms with Crippen molar-refractivity contribution in [2.45, 2.75) is 32.3 Å². The molecule has 21 heavy (non-hydrogen) atoms. The van der Waals surface area contributed by atoms with Gasteiger partial charge in [0.15, 0.2) is 0 Å². The Hall–Kier alpha value is -0.910. The maximum atomic E-state index is 11.5. The third kappa shape index (κ3) is 5.41. The lowest BCUT2D eigenvalue weighted by molar-refractivity contribution is -0.138. The van der Waals surface area contributed by atoms with Crippen LogP contribution in [-0.4, -0.2) is 63.0 Å². The maximum Gasteiger partial charge on any atom is 0.334 e. The van der Waals surface area contributed by atoms with Gasteiger partial charge in [-0.25, -0.2) is 4.79 Å². The standard InChI is InChI=1S/C16H27NO4/c1-3-20-16(18)13(2)10-17-7-4-15(5-8-17)21-12-14-6-9-19-11-14/h14-15H,2-12H2,1H3. The molecule has 1 atom stereocenters. The van der Waals surface area contributed by atoms with E-state index in [1.54, 1.807) is 0 Å². The van der Waals surface area contributed by atoms with Crippen molar-refractivity contribution in [1.29, 1.82) is 0 Å². The molecule has 2 fully saturated rings. The lowest BCUT2D eigenvalue weighted by Gasteiger charge is -2.32. The Morgan fingerprint density at radius 2 is 2.10 bits per heavy atom. The number of ether oxygens (including phenoxy) is 3. The van der Waals surface area contributed by atoms with E-state index in [4.69, 9.17) is 14.2 Å². The van der Waals surface area contributed by atoms with E-state index in [2.05, 4.69) is 11.5 Å². The third-order valence-electron chi connectivity index (χ3n) is 4.10. The summed E-state index contributed by atoms with van der Waals surface area (Å²) in [6.07, 6.45) is 3.50. The van der Waals surface area contributed by atoms with Gasteiger partial charge in [0.1, 0.15) is 0 Å². The van der Waals surface area contributed by atoms with Gasteiger partial charge in [-0.3, -0.25) is 4.90 Å². The van der Waals surface area contributed by atoms with E-state index >= 15 is 0 Å². The van der Waals surface area contributed by atoms with Crippen molar-refractivity contribution in [2.24, 2.45) is 5.92 Å². The Morgan fingerprint density at radius 3 is 2.71 bits per heavy atom. The summed E-state index contributed by atoms with van der Waals surface area (Å²) in [4.78, 5) is 13.8. The summed E-state index contributed by atoms with van der Waals surface area (Å²) in [5, 5.41) is 0. The summed E-state index contributed by atoms with van der Waals surface area (Å²) in [7, 11) is 0. The van der Waals surface area contributed by atoms with Crippen LogP contribution in [0.5, 0.6) is 0 Å². The van der Waals surface area contributed by atoms with E-state index < -0.39 is 0 Å². The largest absolute Gasteiger partial charge is 0.463 e. The molecule has 0 aromatic heterocycles. The average Bonchev–Trinajstić information content (AvgIpc) is 3.00. The van der Waals surface area contributed by atoms with Gasteiger partial charge in [-0.2, -0.15) is 0 Å². The lowest BCUT2D eigenvalue weighted by Crippen LogP contribution is -2.39. The first-order valence-electron chi connectivity index (χ1n) is 7.95. The van der Waals surface area contributed by atoms with Gasteiger partial charge in [0, 0.05) is 37.7 Å². The summed E-state index contributed by atoms with van der Waals surface area (Å²) in [6.45, 7) is 11.1. The molecule has 120 valence electrons. The van der Waals surface area contributed by atoms with Crippen LogP contribution >= 0.6 is 0 Å². The van der Waals surface area contributed by atoms with Crippen LogP contribution < -0.4 is 0 Å². The Labute approximate surface area is 127 Å². The molecular weight excluding hydrogens is 270 g/mol. The van der Waals surface area contributed by atoms with E-state index in [1.165, 1.54) is 0 Å². The number of rotatable bonds is 7. The molecule has 2 heterocycles. The minimum atomic E-state index is -0.280. The highest BCUT2D eigenvalue weighted by Gasteiger charge is 2.23. The highest BCUT2D eigenvalue weighted by Crippen LogP contribution is 2.18. The molecule has 0 saturated carbocycles. The number of carbonyl (C=O) groups is 1. The van der Waals surface area contributed by atoms with Gasteiger partial charge in [0.2, 0.25) is 0 Å². The second-order valence-electron chi connectivity index (χ2n) is 5.86. The summed E-state index contributed by atoms with van der Waals surface area (Å²) >= 11 is 0. The van der Waals surface area contributed by atoms with Gasteiger partial charge < -0.3 is 14.2 Å². The fourth-order valence-corrected chi connectivity index (χ4v) is 2.79. The number of hydrogen-bond acceptors (Lipinski definition) is 5. The number of nitrogens with zero attached hydrogens (tertiary/aromatic N) is 1. The van der Waals surface area contributed by atoms with Crippen LogP contribution in [0.25, 0.3) is 0 Å². The van der Waals surface area contributed by atoms with Gasteiger partial charge in [-0.1, -0.05) is 6.58 Å². The third-order valence-corrected chi connectivity index (χ3v) is 4.10. The number of hydrogen-bond donors (Lipinski definition) is 0. The fourth-order valence-electron chi connectivity index (χ4n) is 2.79. The lowest BCUT2D eigenvalue weighted by atomic mass is 10.1. The van der Waals surface area contributed by atoms with E-state index in [-0.39, 0.29) is 5.97 Å². The number of likely N-dealkylation sites (tertiary alicyclic amines) is 1. The zero-order chi connectivity index (χ0) is 15.1. The highest BCUT2D eigenvalue weighted by molar-refractivity contribution is 5.88. The summed E-state index contributed by atoms with van der Waals surface area (Å²) in [5.41, 5.74) is 0.541. The molecule has 1 unspecified atom stereocenters. The zero-order valence-corrected chi connectivity index (χ0v) is 13.0. The first kappa shape index (κ1) is 16.5. The molecule has 0 N–H and O–H groups in total. The fraction of sp³-hybridized carbons (Fsp3) is 0.812. The topological polar surface area (TPSA) is 48.0 Å². The molecule has 0 bridgehead atoms. The van der Waals surface area contributed by atoms with Crippen molar-refractivity contribution in [3.8, 4) is 0 Å². The summed E-state index contributed by atoms with van der Waals surface area (Å²) in [5.74, 6) is 0.295. The van der Waals surface area contributed by atoms with Crippen molar-refractivity contribution < 1.29 is 19.0 Å². The molecule has 0 amide bonds. The van der Waals surface area contributed by atoms with Crippen LogP contribution in [0.15, 0.2) is 12.2 Å². The quantitative estimate of drug-likeness (QED) is 0.528. The molecule has 0 radical (unpaired) electrons. The summed E-state index contributed by atoms with van der Waals surface area (Å²) < 4.78 is 16.3. The molecule has 0 aliphatic carbocycles. The van der Waals surface area contributed by atoms with E-state index in [0.29, 0.717) is 30.7 Å². The van der Waals surface area contributed by atoms with Crippen LogP contribution in [0.2, 0.25) is 0 Å². The summed E-state index contributed by atoms with van der Waals surface area (Å²) in [6, 6.07) is 0. The second kappa shape index (κ2) is 8.51. The molecule has 5 heteroatoms. The molecule has 2 aliphatic rings. The monoisotopic (exact) mass is 297 g/mol. The van der Waals surface area contributed by atoms with Gasteiger partial charge in [0.05, 0.1) is 25.9 Å². The Morgan fingerprint density at radius 1 is 1.33 bits per heavy atom. The molecule has 0 aromatic carbocycles. The molecule has 0 aromatic rings. The minimum absolute atomic E-state index is 0.280. The predicted molar refractivity (Wildman–Crippen MR) is 80.1 cm³/mol. The van der Waals surface area contributed by atoms with Crippen molar-refractivity contribution >= 4 is 5.97 Å². The van der Waals surface area contributed by atoms with Gasteiger partial charge >= 0.3 is 5.97 Å². The SMILES string of the molecule is C=C(CN1CCC(OCC2CCOC2)CC1)C(=O)OCC. The molecule has 2 aliphatic heterocycles. The number of carbonyl (C=O) groups excluding carboxylic acids is 1. The molecule has 5 nitrogen and oxygen atoms in total. The van der Waals surface area contributed by atoms with Crippen LogP contribution in [0, 0.1) is 5.92 Å². The maximum absolute atomic E-state index is 11.5. The van der Waals surface area contributed by atoms with Crippen LogP contribution in [0.4, 0.5) is 0 Å². The first-order valence-corrected chi connectivity index (χ1v) is 7.95. The van der Waals surface area contributed by atoms with E-state index in [0.717, 1.165) is 52.2 Å². The van der Waals surface area contributed by atoms with Gasteiger partial charge in [0.25, 0.3) is 0 Å². The van der Waals surface area contributed by atoms with Gasteiger partial charge in [-0.15, -0.1) is 0 Å². The van der Waals surface area contributed by atoms with Crippen molar-refractivity contribution in [1.82, 2.24) is 4.90 Å². The second-order valence-corrected chi connectivity index (χ2v) is 5.86. The van der Waals surface area contributed by atoms with Crippen molar-refractivity contribution in [2.75, 3.05) is 46.1 Å². The van der Waals surface area contributed by atoms with Crippen LogP contribution in [0.3, 0.4) is 0 Å². The predicted octanol–water partition coefficient (Wildman–Crippen LogP) is 1.62. The highest BCUT2D eigenvalue weighted by atomic mass is 16.5. The number of esters is 1. The Balaban J connectivity index is 1.61. The average molecular weight is 297 g/mol. The molecule has 2 saturated heterocycles. The van der Waals surface area contributed by atoms with Crippen molar-refractivity contribution in [3.63, 3.8) is 0 Å². The van der Waals surface area contributed by atoms with Crippen LogP contribution in [-0.2, 0) is 19.0 Å². The van der Waals surface area contributed by atoms with E-state index in [1.807, 2.05) is 6.92 Å². The van der Waals surface area contributed by atoms with Crippen molar-refractivity contribution in [3.05, 3.63) is 12.2 Å². The minimum Gasteiger partial charge on any atom is -0.463 e. The Bertz CT molecular complexity index is 344. The Kier molecular flexibility index (Phi) is 6.67. The smallest absolute Gasteiger partial charge is 0.334 e. The van der Waals surface area contributed by atoms with E-state index in [9.17, 15) is 4.79 Å². The molecule has 2 rings (SSSR count). The zero-order valence-electron chi connectivity index (χ0n) is 13.0. The first-order chi connectivity index (χ1) is 10.2. The van der Waals surface area contributed by atoms with Crippen LogP contribution in [0.1, 0.15) is 26.2 Å². The molecule has 0 spiro atoms. The number of piperidine rings is 1. The van der Waals surface area contributed by atoms with Gasteiger partial charge in [-0.05, 0) is 26.2 Å². The molecular formula is C16H27NO4.